The Balaban J connectivity index is 1.44. The number of hydrogen-bond donors (Lipinski definition) is 4. The van der Waals surface area contributed by atoms with E-state index in [-0.39, 0.29) is 11.1 Å². The number of benzene rings is 1. The van der Waals surface area contributed by atoms with E-state index in [9.17, 15) is 14.7 Å². The average molecular weight is 517 g/mol. The number of H-pyrrole nitrogens is 1. The first-order chi connectivity index (χ1) is 17.8. The van der Waals surface area contributed by atoms with E-state index < -0.39 is 17.9 Å². The highest BCUT2D eigenvalue weighted by molar-refractivity contribution is 7.17. The number of aliphatic hydroxyl groups excluding tert-OH is 1. The van der Waals surface area contributed by atoms with Gasteiger partial charge in [-0.05, 0) is 44.2 Å². The summed E-state index contributed by atoms with van der Waals surface area (Å²) >= 11 is 1.52. The number of carbonyl (C=O) groups excluding carboxylic acids is 2. The summed E-state index contributed by atoms with van der Waals surface area (Å²) in [5, 5.41) is 18.3. The molecular weight excluding hydrogens is 488 g/mol. The minimum atomic E-state index is -0.450. The lowest BCUT2D eigenvalue weighted by molar-refractivity contribution is -0.122. The molecule has 1 fully saturated rings. The van der Waals surface area contributed by atoms with Crippen molar-refractivity contribution in [1.82, 2.24) is 25.6 Å². The molecule has 0 aliphatic carbocycles. The van der Waals surface area contributed by atoms with E-state index in [4.69, 9.17) is 9.97 Å². The number of aromatic nitrogens is 3. The molecule has 1 unspecified atom stereocenters. The van der Waals surface area contributed by atoms with Crippen LogP contribution in [0.5, 0.6) is 0 Å². The van der Waals surface area contributed by atoms with Crippen LogP contribution < -0.4 is 15.5 Å². The van der Waals surface area contributed by atoms with E-state index in [0.717, 1.165) is 47.1 Å². The Morgan fingerprint density at radius 2 is 1.89 bits per heavy atom. The summed E-state index contributed by atoms with van der Waals surface area (Å²) in [5.41, 5.74) is 3.34. The van der Waals surface area contributed by atoms with E-state index in [1.54, 1.807) is 13.1 Å². The highest BCUT2D eigenvalue weighted by Crippen LogP contribution is 2.38. The summed E-state index contributed by atoms with van der Waals surface area (Å²) in [6, 6.07) is 9.55. The predicted octanol–water partition coefficient (Wildman–Crippen LogP) is 3.07. The normalized spacial score (nSPS) is 18.7. The molecule has 5 heterocycles. The third-order valence-corrected chi connectivity index (χ3v) is 8.23. The first kappa shape index (κ1) is 23.8. The van der Waals surface area contributed by atoms with Gasteiger partial charge < -0.3 is 20.3 Å². The number of rotatable bonds is 6. The van der Waals surface area contributed by atoms with Gasteiger partial charge in [-0.15, -0.1) is 11.3 Å². The number of piperidine rings is 1. The molecule has 1 aromatic carbocycles. The number of amides is 2. The number of nitrogens with one attached hydrogen (secondary N) is 3. The van der Waals surface area contributed by atoms with Gasteiger partial charge in [0.05, 0.1) is 38.7 Å². The Kier molecular flexibility index (Phi) is 5.82. The third-order valence-electron chi connectivity index (χ3n) is 7.28. The molecule has 2 aliphatic rings. The highest BCUT2D eigenvalue weighted by Gasteiger charge is 2.37. The molecular formula is C27H28N6O3S. The fourth-order valence-corrected chi connectivity index (χ4v) is 6.02. The summed E-state index contributed by atoms with van der Waals surface area (Å²) < 4.78 is 0.927. The second kappa shape index (κ2) is 9.05. The fraction of sp³-hybridized carbons (Fsp3) is 0.333. The molecule has 0 radical (unpaired) electrons. The van der Waals surface area contributed by atoms with Crippen LogP contribution in [-0.2, 0) is 9.59 Å². The molecule has 2 amide bonds. The number of fused-ring (bicyclic) bond motifs is 2. The minimum absolute atomic E-state index is 0.0824. The third kappa shape index (κ3) is 4.20. The van der Waals surface area contributed by atoms with Gasteiger partial charge >= 0.3 is 0 Å². The van der Waals surface area contributed by atoms with Gasteiger partial charge in [-0.2, -0.15) is 0 Å². The standard InChI is InChI=1S/C27H28N6O3S/c1-15(34)13-29-27(2)8-10-33(11-9-27)26-30-18-6-4-3-5-16(18)22(31-26)21-20(24(35)32-25(21)36)17-14-28-19-7-12-37-23(17)19/h3-7,12,14-15,28-29,34H,8-11,13H2,1-2H3,(H,32,35,36). The maximum Gasteiger partial charge on any atom is 0.261 e. The van der Waals surface area contributed by atoms with Gasteiger partial charge in [0.25, 0.3) is 11.8 Å². The summed E-state index contributed by atoms with van der Waals surface area (Å²) in [4.78, 5) is 41.4. The van der Waals surface area contributed by atoms with Crippen molar-refractivity contribution < 1.29 is 14.7 Å². The van der Waals surface area contributed by atoms with E-state index in [2.05, 4.69) is 27.4 Å². The van der Waals surface area contributed by atoms with Gasteiger partial charge in [0.1, 0.15) is 0 Å². The van der Waals surface area contributed by atoms with Crippen LogP contribution in [0.1, 0.15) is 37.9 Å². The molecule has 10 heteroatoms. The quantitative estimate of drug-likeness (QED) is 0.291. The highest BCUT2D eigenvalue weighted by atomic mass is 32.1. The summed E-state index contributed by atoms with van der Waals surface area (Å²) in [5.74, 6) is -0.327. The zero-order valence-corrected chi connectivity index (χ0v) is 21.5. The Morgan fingerprint density at radius 3 is 2.68 bits per heavy atom. The predicted molar refractivity (Wildman–Crippen MR) is 145 cm³/mol. The number of imide groups is 1. The molecule has 6 rings (SSSR count). The number of aliphatic hydroxyl groups is 1. The molecule has 4 aromatic rings. The van der Waals surface area contributed by atoms with Gasteiger partial charge in [0, 0.05) is 42.3 Å². The van der Waals surface area contributed by atoms with Crippen molar-refractivity contribution >= 4 is 61.4 Å². The van der Waals surface area contributed by atoms with Crippen molar-refractivity contribution in [2.75, 3.05) is 24.5 Å². The molecule has 190 valence electrons. The summed E-state index contributed by atoms with van der Waals surface area (Å²) in [7, 11) is 0. The molecule has 2 aliphatic heterocycles. The largest absolute Gasteiger partial charge is 0.392 e. The monoisotopic (exact) mass is 516 g/mol. The van der Waals surface area contributed by atoms with Crippen molar-refractivity contribution in [3.8, 4) is 0 Å². The number of thiophene rings is 1. The van der Waals surface area contributed by atoms with E-state index >= 15 is 0 Å². The number of nitrogens with zero attached hydrogens (tertiary/aromatic N) is 3. The number of β-amino-alcohol motifs (C(OH)–C–C–N with tert-alkyl or cyclic N) is 1. The maximum atomic E-state index is 13.2. The number of anilines is 1. The van der Waals surface area contributed by atoms with Crippen LogP contribution in [0.25, 0.3) is 32.3 Å². The molecule has 0 spiro atoms. The van der Waals surface area contributed by atoms with Crippen LogP contribution in [-0.4, -0.2) is 63.1 Å². The lowest BCUT2D eigenvalue weighted by atomic mass is 9.89. The van der Waals surface area contributed by atoms with Gasteiger partial charge in [-0.3, -0.25) is 14.9 Å². The van der Waals surface area contributed by atoms with Gasteiger partial charge in [0.15, 0.2) is 0 Å². The molecule has 4 N–H and O–H groups in total. The lowest BCUT2D eigenvalue weighted by Gasteiger charge is -2.40. The fourth-order valence-electron chi connectivity index (χ4n) is 5.14. The van der Waals surface area contributed by atoms with Gasteiger partial charge in [-0.1, -0.05) is 18.2 Å². The molecule has 9 nitrogen and oxygen atoms in total. The topological polar surface area (TPSA) is 123 Å². The van der Waals surface area contributed by atoms with Gasteiger partial charge in [-0.25, -0.2) is 9.97 Å². The minimum Gasteiger partial charge on any atom is -0.392 e. The van der Waals surface area contributed by atoms with Crippen molar-refractivity contribution in [3.63, 3.8) is 0 Å². The van der Waals surface area contributed by atoms with Crippen LogP contribution in [0.15, 0.2) is 41.9 Å². The number of hydrogen-bond acceptors (Lipinski definition) is 8. The Morgan fingerprint density at radius 1 is 1.14 bits per heavy atom. The Bertz CT molecular complexity index is 1560. The molecule has 1 atom stereocenters. The molecule has 0 saturated carbocycles. The number of carbonyl (C=O) groups is 2. The van der Waals surface area contributed by atoms with E-state index in [1.165, 1.54) is 11.3 Å². The van der Waals surface area contributed by atoms with E-state index in [0.29, 0.717) is 29.3 Å². The number of aromatic amines is 1. The second-order valence-corrected chi connectivity index (χ2v) is 11.0. The SMILES string of the molecule is CC(O)CNC1(C)CCN(c2nc(C3=C(c4c[nH]c5ccsc45)C(=O)NC3=O)c3ccccc3n2)CC1. The zero-order valence-electron chi connectivity index (χ0n) is 20.7. The first-order valence-corrected chi connectivity index (χ1v) is 13.3. The molecule has 1 saturated heterocycles. The van der Waals surface area contributed by atoms with Crippen molar-refractivity contribution in [2.24, 2.45) is 0 Å². The maximum absolute atomic E-state index is 13.2. The zero-order chi connectivity index (χ0) is 25.7. The first-order valence-electron chi connectivity index (χ1n) is 12.4. The molecule has 0 bridgehead atoms. The van der Waals surface area contributed by atoms with Crippen LogP contribution in [0.4, 0.5) is 5.95 Å². The molecule has 3 aromatic heterocycles. The number of para-hydroxylation sites is 1. The van der Waals surface area contributed by atoms with Crippen molar-refractivity contribution in [2.45, 2.75) is 38.3 Å². The average Bonchev–Trinajstić information content (AvgIpc) is 3.57. The summed E-state index contributed by atoms with van der Waals surface area (Å²) in [6.07, 6.45) is 3.10. The van der Waals surface area contributed by atoms with Gasteiger partial charge in [0.2, 0.25) is 5.95 Å². The Labute approximate surface area is 217 Å². The van der Waals surface area contributed by atoms with Crippen LogP contribution >= 0.6 is 11.3 Å². The lowest BCUT2D eigenvalue weighted by Crippen LogP contribution is -2.53. The Hall–Kier alpha value is -3.60. The second-order valence-electron chi connectivity index (χ2n) is 10.1. The van der Waals surface area contributed by atoms with Crippen molar-refractivity contribution in [3.05, 3.63) is 53.2 Å². The summed E-state index contributed by atoms with van der Waals surface area (Å²) in [6.45, 7) is 5.95. The smallest absolute Gasteiger partial charge is 0.261 e. The van der Waals surface area contributed by atoms with Crippen LogP contribution in [0, 0.1) is 0 Å². The van der Waals surface area contributed by atoms with Crippen molar-refractivity contribution in [1.29, 1.82) is 0 Å². The molecule has 37 heavy (non-hydrogen) atoms. The van der Waals surface area contributed by atoms with E-state index in [1.807, 2.05) is 35.7 Å². The van der Waals surface area contributed by atoms with Crippen LogP contribution in [0.3, 0.4) is 0 Å². The van der Waals surface area contributed by atoms with Crippen LogP contribution in [0.2, 0.25) is 0 Å².